The van der Waals surface area contributed by atoms with Crippen LogP contribution in [0.1, 0.15) is 19.0 Å². The number of alkyl halides is 3. The lowest BCUT2D eigenvalue weighted by molar-refractivity contribution is -0.141. The Bertz CT molecular complexity index is 640. The van der Waals surface area contributed by atoms with E-state index >= 15 is 0 Å². The van der Waals surface area contributed by atoms with E-state index in [-0.39, 0.29) is 6.10 Å². The Balaban J connectivity index is 1.83. The number of fused-ring (bicyclic) bond motifs is 1. The molecule has 0 radical (unpaired) electrons. The lowest BCUT2D eigenvalue weighted by Gasteiger charge is -2.15. The van der Waals surface area contributed by atoms with Crippen molar-refractivity contribution < 1.29 is 17.9 Å². The Kier molecular flexibility index (Phi) is 3.48. The molecule has 8 heteroatoms. The number of nitrogens with zero attached hydrogens (tertiary/aromatic N) is 3. The van der Waals surface area contributed by atoms with Gasteiger partial charge in [0, 0.05) is 37.5 Å². The summed E-state index contributed by atoms with van der Waals surface area (Å²) >= 11 is 0. The number of hydrogen-bond acceptors (Lipinski definition) is 4. The second kappa shape index (κ2) is 5.18. The molecule has 1 aliphatic rings. The standard InChI is InChI=1S/C13H15F3N4O/c1-8-9(2-5-21-8)7-18-12-10-6-11(13(14,15)16)19-20(10)4-3-17-12/h3-4,6,8-9H,2,5,7H2,1H3,(H,17,18). The molecule has 1 saturated heterocycles. The summed E-state index contributed by atoms with van der Waals surface area (Å²) in [5.74, 6) is 0.733. The van der Waals surface area contributed by atoms with Gasteiger partial charge in [0.05, 0.1) is 6.10 Å². The maximum absolute atomic E-state index is 12.7. The molecule has 0 aliphatic carbocycles. The lowest BCUT2D eigenvalue weighted by atomic mass is 10.0. The van der Waals surface area contributed by atoms with Gasteiger partial charge in [0.2, 0.25) is 0 Å². The number of nitrogens with one attached hydrogen (secondary N) is 1. The largest absolute Gasteiger partial charge is 0.435 e. The molecule has 21 heavy (non-hydrogen) atoms. The highest BCUT2D eigenvalue weighted by atomic mass is 19.4. The highest BCUT2D eigenvalue weighted by Gasteiger charge is 2.34. The highest BCUT2D eigenvalue weighted by Crippen LogP contribution is 2.30. The van der Waals surface area contributed by atoms with Crippen LogP contribution in [0.5, 0.6) is 0 Å². The van der Waals surface area contributed by atoms with E-state index in [0.717, 1.165) is 19.1 Å². The number of aromatic nitrogens is 3. The maximum atomic E-state index is 12.7. The summed E-state index contributed by atoms with van der Waals surface area (Å²) in [7, 11) is 0. The second-order valence-corrected chi connectivity index (χ2v) is 5.14. The van der Waals surface area contributed by atoms with Crippen LogP contribution in [0.25, 0.3) is 5.52 Å². The van der Waals surface area contributed by atoms with Crippen LogP contribution in [0.4, 0.5) is 19.0 Å². The van der Waals surface area contributed by atoms with Crippen molar-refractivity contribution in [3.8, 4) is 0 Å². The van der Waals surface area contributed by atoms with Crippen LogP contribution in [0.2, 0.25) is 0 Å². The zero-order valence-corrected chi connectivity index (χ0v) is 11.4. The summed E-state index contributed by atoms with van der Waals surface area (Å²) < 4.78 is 44.8. The summed E-state index contributed by atoms with van der Waals surface area (Å²) in [4.78, 5) is 4.11. The molecule has 0 saturated carbocycles. The van der Waals surface area contributed by atoms with E-state index in [1.54, 1.807) is 0 Å². The number of rotatable bonds is 3. The minimum Gasteiger partial charge on any atom is -0.378 e. The highest BCUT2D eigenvalue weighted by molar-refractivity contribution is 5.67. The van der Waals surface area contributed by atoms with Gasteiger partial charge in [0.1, 0.15) is 5.52 Å². The van der Waals surface area contributed by atoms with Crippen molar-refractivity contribution in [3.63, 3.8) is 0 Å². The number of hydrogen-bond donors (Lipinski definition) is 1. The molecule has 1 N–H and O–H groups in total. The van der Waals surface area contributed by atoms with Crippen LogP contribution in [-0.4, -0.2) is 33.9 Å². The van der Waals surface area contributed by atoms with Gasteiger partial charge in [-0.05, 0) is 13.3 Å². The molecule has 0 bridgehead atoms. The van der Waals surface area contributed by atoms with Gasteiger partial charge in [-0.2, -0.15) is 18.3 Å². The lowest BCUT2D eigenvalue weighted by Crippen LogP contribution is -2.21. The molecule has 0 aromatic carbocycles. The molecule has 5 nitrogen and oxygen atoms in total. The SMILES string of the molecule is CC1OCCC1CNc1nccn2nc(C(F)(F)F)cc12. The van der Waals surface area contributed by atoms with E-state index in [0.29, 0.717) is 23.8 Å². The molecular weight excluding hydrogens is 285 g/mol. The minimum absolute atomic E-state index is 0.146. The molecule has 0 amide bonds. The Hall–Kier alpha value is -1.83. The summed E-state index contributed by atoms with van der Waals surface area (Å²) in [6.07, 6.45) is -0.553. The fraction of sp³-hybridized carbons (Fsp3) is 0.538. The van der Waals surface area contributed by atoms with Crippen molar-refractivity contribution in [1.82, 2.24) is 14.6 Å². The van der Waals surface area contributed by atoms with Crippen LogP contribution < -0.4 is 5.32 Å². The van der Waals surface area contributed by atoms with Gasteiger partial charge < -0.3 is 10.1 Å². The Labute approximate surface area is 119 Å². The van der Waals surface area contributed by atoms with Crippen LogP contribution in [0.15, 0.2) is 18.5 Å². The van der Waals surface area contributed by atoms with Crippen molar-refractivity contribution >= 4 is 11.3 Å². The number of anilines is 1. The first-order valence-corrected chi connectivity index (χ1v) is 6.72. The fourth-order valence-electron chi connectivity index (χ4n) is 2.47. The first-order chi connectivity index (χ1) is 9.95. The minimum atomic E-state index is -4.46. The van der Waals surface area contributed by atoms with E-state index < -0.39 is 11.9 Å². The fourth-order valence-corrected chi connectivity index (χ4v) is 2.47. The molecule has 2 unspecified atom stereocenters. The van der Waals surface area contributed by atoms with E-state index in [4.69, 9.17) is 4.74 Å². The maximum Gasteiger partial charge on any atom is 0.435 e. The van der Waals surface area contributed by atoms with Crippen LogP contribution in [0, 0.1) is 5.92 Å². The predicted octanol–water partition coefficient (Wildman–Crippen LogP) is 2.58. The van der Waals surface area contributed by atoms with Gasteiger partial charge in [-0.25, -0.2) is 9.50 Å². The first-order valence-electron chi connectivity index (χ1n) is 6.72. The third-order valence-corrected chi connectivity index (χ3v) is 3.75. The third kappa shape index (κ3) is 2.80. The van der Waals surface area contributed by atoms with Crippen molar-refractivity contribution in [1.29, 1.82) is 0 Å². The van der Waals surface area contributed by atoms with Gasteiger partial charge in [-0.1, -0.05) is 0 Å². The van der Waals surface area contributed by atoms with Crippen molar-refractivity contribution in [2.24, 2.45) is 5.92 Å². The molecular formula is C13H15F3N4O. The average molecular weight is 300 g/mol. The Morgan fingerprint density at radius 3 is 2.95 bits per heavy atom. The Morgan fingerprint density at radius 1 is 1.48 bits per heavy atom. The molecule has 1 aliphatic heterocycles. The number of halogens is 3. The molecule has 2 aromatic rings. The van der Waals surface area contributed by atoms with Crippen molar-refractivity contribution in [2.75, 3.05) is 18.5 Å². The third-order valence-electron chi connectivity index (χ3n) is 3.75. The second-order valence-electron chi connectivity index (χ2n) is 5.14. The van der Waals surface area contributed by atoms with Crippen LogP contribution in [0.3, 0.4) is 0 Å². The summed E-state index contributed by atoms with van der Waals surface area (Å²) in [5, 5.41) is 6.63. The molecule has 0 spiro atoms. The van der Waals surface area contributed by atoms with E-state index in [1.807, 2.05) is 6.92 Å². The van der Waals surface area contributed by atoms with Gasteiger partial charge in [0.25, 0.3) is 0 Å². The predicted molar refractivity (Wildman–Crippen MR) is 70.0 cm³/mol. The average Bonchev–Trinajstić information content (AvgIpc) is 3.02. The number of ether oxygens (including phenoxy) is 1. The van der Waals surface area contributed by atoms with Crippen LogP contribution in [-0.2, 0) is 10.9 Å². The van der Waals surface area contributed by atoms with Gasteiger partial charge >= 0.3 is 6.18 Å². The molecule has 3 heterocycles. The van der Waals surface area contributed by atoms with Gasteiger partial charge in [0.15, 0.2) is 11.5 Å². The normalized spacial score (nSPS) is 22.9. The van der Waals surface area contributed by atoms with E-state index in [9.17, 15) is 13.2 Å². The monoisotopic (exact) mass is 300 g/mol. The van der Waals surface area contributed by atoms with Gasteiger partial charge in [-0.3, -0.25) is 0 Å². The molecule has 2 atom stereocenters. The Morgan fingerprint density at radius 2 is 2.29 bits per heavy atom. The molecule has 1 fully saturated rings. The smallest absolute Gasteiger partial charge is 0.378 e. The zero-order chi connectivity index (χ0) is 15.0. The first kappa shape index (κ1) is 14.1. The quantitative estimate of drug-likeness (QED) is 0.946. The van der Waals surface area contributed by atoms with Crippen molar-refractivity contribution in [2.45, 2.75) is 25.6 Å². The van der Waals surface area contributed by atoms with Crippen LogP contribution >= 0.6 is 0 Å². The van der Waals surface area contributed by atoms with Crippen molar-refractivity contribution in [3.05, 3.63) is 24.2 Å². The zero-order valence-electron chi connectivity index (χ0n) is 11.4. The summed E-state index contributed by atoms with van der Waals surface area (Å²) in [6, 6.07) is 1.00. The van der Waals surface area contributed by atoms with E-state index in [1.165, 1.54) is 16.9 Å². The molecule has 2 aromatic heterocycles. The molecule has 3 rings (SSSR count). The topological polar surface area (TPSA) is 51.5 Å². The summed E-state index contributed by atoms with van der Waals surface area (Å²) in [5.41, 5.74) is -0.604. The summed E-state index contributed by atoms with van der Waals surface area (Å²) in [6.45, 7) is 3.32. The van der Waals surface area contributed by atoms with Gasteiger partial charge in [-0.15, -0.1) is 0 Å². The molecule has 114 valence electrons. The van der Waals surface area contributed by atoms with E-state index in [2.05, 4.69) is 15.4 Å².